The van der Waals surface area contributed by atoms with Gasteiger partial charge in [0, 0.05) is 17.8 Å². The Morgan fingerprint density at radius 1 is 0.833 bits per heavy atom. The zero-order valence-electron chi connectivity index (χ0n) is 21.9. The van der Waals surface area contributed by atoms with E-state index in [9.17, 15) is 18.0 Å². The smallest absolute Gasteiger partial charge is 0.305 e. The molecule has 0 spiro atoms. The fourth-order valence-corrected chi connectivity index (χ4v) is 5.22. The van der Waals surface area contributed by atoms with Crippen molar-refractivity contribution in [1.82, 2.24) is 24.4 Å². The molecule has 0 aliphatic rings. The summed E-state index contributed by atoms with van der Waals surface area (Å²) in [7, 11) is 0. The number of hydrogen-bond acceptors (Lipinski definition) is 4. The summed E-state index contributed by atoms with van der Waals surface area (Å²) in [6.07, 6.45) is -1.92. The molecule has 7 rings (SSSR count). The summed E-state index contributed by atoms with van der Waals surface area (Å²) >= 11 is 0. The topological polar surface area (TPSA) is 77.1 Å². The first-order valence-corrected chi connectivity index (χ1v) is 13.1. The Hall–Kier alpha value is -5.51. The van der Waals surface area contributed by atoms with Gasteiger partial charge in [-0.2, -0.15) is 23.4 Å². The molecule has 0 radical (unpaired) electrons. The number of nitrogens with one attached hydrogen (secondary N) is 1. The van der Waals surface area contributed by atoms with Crippen molar-refractivity contribution in [3.8, 4) is 11.3 Å². The summed E-state index contributed by atoms with van der Waals surface area (Å²) in [6, 6.07) is 29.3. The van der Waals surface area contributed by atoms with Crippen molar-refractivity contribution in [1.29, 1.82) is 0 Å². The van der Waals surface area contributed by atoms with Crippen molar-refractivity contribution < 1.29 is 18.0 Å². The molecule has 42 heavy (non-hydrogen) atoms. The molecule has 1 amide bonds. The quantitative estimate of drug-likeness (QED) is 0.240. The number of fused-ring (bicyclic) bond motifs is 3. The first-order chi connectivity index (χ1) is 20.3. The van der Waals surface area contributed by atoms with E-state index in [0.29, 0.717) is 16.6 Å². The second kappa shape index (κ2) is 9.84. The van der Waals surface area contributed by atoms with Crippen LogP contribution in [-0.4, -0.2) is 30.3 Å². The SMILES string of the molecule is O=C(Nc1ccn(Cc2cccc3ccccc23)n1)c1cnn2c(C(F)(F)F)cc(-c3cccc4ccccc34)nc12. The Morgan fingerprint density at radius 2 is 1.52 bits per heavy atom. The molecule has 0 saturated heterocycles. The maximum absolute atomic E-state index is 14.2. The number of carbonyl (C=O) groups is 1. The van der Waals surface area contributed by atoms with Crippen molar-refractivity contribution in [3.05, 3.63) is 126 Å². The zero-order valence-corrected chi connectivity index (χ0v) is 21.9. The molecular formula is C32H21F3N6O. The van der Waals surface area contributed by atoms with Crippen molar-refractivity contribution in [3.63, 3.8) is 0 Å². The second-order valence-electron chi connectivity index (χ2n) is 9.84. The molecule has 1 N–H and O–H groups in total. The van der Waals surface area contributed by atoms with Crippen LogP contribution in [0.1, 0.15) is 21.6 Å². The highest BCUT2D eigenvalue weighted by molar-refractivity contribution is 6.08. The lowest BCUT2D eigenvalue weighted by Gasteiger charge is -2.13. The molecule has 4 aromatic carbocycles. The van der Waals surface area contributed by atoms with E-state index in [-0.39, 0.29) is 22.7 Å². The van der Waals surface area contributed by atoms with Gasteiger partial charge >= 0.3 is 6.18 Å². The Kier molecular flexibility index (Phi) is 5.97. The van der Waals surface area contributed by atoms with Gasteiger partial charge in [-0.3, -0.25) is 9.48 Å². The number of amides is 1. The summed E-state index contributed by atoms with van der Waals surface area (Å²) in [5, 5.41) is 14.8. The van der Waals surface area contributed by atoms with Gasteiger partial charge in [0.05, 0.1) is 18.4 Å². The minimum atomic E-state index is -4.74. The van der Waals surface area contributed by atoms with E-state index in [2.05, 4.69) is 20.5 Å². The standard InChI is InChI=1S/C32H21F3N6O/c33-32(34,35)28-17-27(25-14-6-10-21-8-2-4-13-24(21)25)37-30-26(18-36-41(28)30)31(42)38-29-15-16-40(39-29)19-22-11-5-9-20-7-1-3-12-23(20)22/h1-18H,19H2,(H,38,39,42). The lowest BCUT2D eigenvalue weighted by atomic mass is 10.0. The average Bonchev–Trinajstić information content (AvgIpc) is 3.62. The zero-order chi connectivity index (χ0) is 28.8. The maximum atomic E-state index is 14.2. The summed E-state index contributed by atoms with van der Waals surface area (Å²) in [6.45, 7) is 0.471. The molecule has 0 aliphatic carbocycles. The van der Waals surface area contributed by atoms with Gasteiger partial charge < -0.3 is 5.32 Å². The lowest BCUT2D eigenvalue weighted by Crippen LogP contribution is -2.16. The Balaban J connectivity index is 1.23. The summed E-state index contributed by atoms with van der Waals surface area (Å²) in [5.74, 6) is -0.419. The molecule has 206 valence electrons. The third-order valence-electron chi connectivity index (χ3n) is 7.17. The molecule has 0 unspecified atom stereocenters. The van der Waals surface area contributed by atoms with Crippen LogP contribution >= 0.6 is 0 Å². The van der Waals surface area contributed by atoms with E-state index in [1.165, 1.54) is 0 Å². The van der Waals surface area contributed by atoms with E-state index in [1.807, 2.05) is 72.8 Å². The van der Waals surface area contributed by atoms with Crippen LogP contribution in [0.3, 0.4) is 0 Å². The van der Waals surface area contributed by atoms with Crippen LogP contribution in [0.5, 0.6) is 0 Å². The van der Waals surface area contributed by atoms with Gasteiger partial charge in [-0.05, 0) is 33.2 Å². The monoisotopic (exact) mass is 562 g/mol. The molecule has 7 nitrogen and oxygen atoms in total. The number of benzene rings is 4. The van der Waals surface area contributed by atoms with Crippen LogP contribution in [0.15, 0.2) is 109 Å². The number of nitrogens with zero attached hydrogens (tertiary/aromatic N) is 5. The molecule has 7 aromatic rings. The number of rotatable bonds is 5. The van der Waals surface area contributed by atoms with Crippen LogP contribution in [-0.2, 0) is 12.7 Å². The second-order valence-corrected chi connectivity index (χ2v) is 9.84. The minimum Gasteiger partial charge on any atom is -0.305 e. The molecule has 3 aromatic heterocycles. The molecule has 3 heterocycles. The number of carbonyl (C=O) groups excluding carboxylic acids is 1. The predicted molar refractivity (Wildman–Crippen MR) is 154 cm³/mol. The van der Waals surface area contributed by atoms with E-state index < -0.39 is 17.8 Å². The van der Waals surface area contributed by atoms with E-state index in [1.54, 1.807) is 29.1 Å². The number of anilines is 1. The largest absolute Gasteiger partial charge is 0.433 e. The van der Waals surface area contributed by atoms with E-state index >= 15 is 0 Å². The van der Waals surface area contributed by atoms with Crippen LogP contribution in [0.4, 0.5) is 19.0 Å². The molecule has 0 saturated carbocycles. The fourth-order valence-electron chi connectivity index (χ4n) is 5.22. The van der Waals surface area contributed by atoms with Crippen molar-refractivity contribution >= 4 is 38.9 Å². The molecule has 0 fully saturated rings. The molecule has 0 aliphatic heterocycles. The summed E-state index contributed by atoms with van der Waals surface area (Å²) < 4.78 is 44.8. The Labute approximate surface area is 236 Å². The maximum Gasteiger partial charge on any atom is 0.433 e. The lowest BCUT2D eigenvalue weighted by molar-refractivity contribution is -0.142. The molecule has 0 bridgehead atoms. The van der Waals surface area contributed by atoms with Crippen LogP contribution in [0.25, 0.3) is 38.4 Å². The first kappa shape index (κ1) is 25.5. The number of aromatic nitrogens is 5. The number of alkyl halides is 3. The van der Waals surface area contributed by atoms with Gasteiger partial charge in [0.15, 0.2) is 17.2 Å². The Morgan fingerprint density at radius 3 is 2.31 bits per heavy atom. The normalized spacial score (nSPS) is 11.9. The van der Waals surface area contributed by atoms with Crippen LogP contribution in [0, 0.1) is 0 Å². The first-order valence-electron chi connectivity index (χ1n) is 13.1. The minimum absolute atomic E-state index is 0.0838. The number of hydrogen-bond donors (Lipinski definition) is 1. The highest BCUT2D eigenvalue weighted by Gasteiger charge is 2.36. The third kappa shape index (κ3) is 4.52. The summed E-state index contributed by atoms with van der Waals surface area (Å²) in [4.78, 5) is 17.8. The number of halogens is 3. The van der Waals surface area contributed by atoms with E-state index in [4.69, 9.17) is 0 Å². The fraction of sp³-hybridized carbons (Fsp3) is 0.0625. The van der Waals surface area contributed by atoms with Crippen molar-refractivity contribution in [2.45, 2.75) is 12.7 Å². The van der Waals surface area contributed by atoms with Gasteiger partial charge in [-0.25, -0.2) is 9.50 Å². The molecule has 0 atom stereocenters. The Bertz CT molecular complexity index is 2120. The van der Waals surface area contributed by atoms with Crippen LogP contribution in [0.2, 0.25) is 0 Å². The average molecular weight is 563 g/mol. The van der Waals surface area contributed by atoms with Gasteiger partial charge in [-0.15, -0.1) is 0 Å². The molecular weight excluding hydrogens is 541 g/mol. The van der Waals surface area contributed by atoms with Gasteiger partial charge in [-0.1, -0.05) is 84.9 Å². The van der Waals surface area contributed by atoms with Gasteiger partial charge in [0.2, 0.25) is 0 Å². The van der Waals surface area contributed by atoms with Gasteiger partial charge in [0.1, 0.15) is 5.56 Å². The van der Waals surface area contributed by atoms with Gasteiger partial charge in [0.25, 0.3) is 5.91 Å². The third-order valence-corrected chi connectivity index (χ3v) is 7.17. The summed E-state index contributed by atoms with van der Waals surface area (Å²) in [5.41, 5.74) is 0.309. The highest BCUT2D eigenvalue weighted by atomic mass is 19.4. The molecule has 10 heteroatoms. The van der Waals surface area contributed by atoms with Crippen LogP contribution < -0.4 is 5.32 Å². The van der Waals surface area contributed by atoms with E-state index in [0.717, 1.165) is 39.4 Å². The predicted octanol–water partition coefficient (Wildman–Crippen LogP) is 7.22. The van der Waals surface area contributed by atoms with Crippen molar-refractivity contribution in [2.75, 3.05) is 5.32 Å². The highest BCUT2D eigenvalue weighted by Crippen LogP contribution is 2.35. The van der Waals surface area contributed by atoms with Crippen molar-refractivity contribution in [2.24, 2.45) is 0 Å².